The highest BCUT2D eigenvalue weighted by Gasteiger charge is 2.57. The lowest BCUT2D eigenvalue weighted by molar-refractivity contribution is -0.196. The normalized spacial score (nSPS) is 28.8. The second kappa shape index (κ2) is 10.5. The zero-order chi connectivity index (χ0) is 23.4. The third kappa shape index (κ3) is 7.15. The first-order valence-electron chi connectivity index (χ1n) is 11.8. The predicted molar refractivity (Wildman–Crippen MR) is 123 cm³/mol. The third-order valence-electron chi connectivity index (χ3n) is 6.16. The van der Waals surface area contributed by atoms with Crippen LogP contribution in [-0.4, -0.2) is 69.1 Å². The zero-order valence-corrected chi connectivity index (χ0v) is 22.1. The molecule has 2 heterocycles. The lowest BCUT2D eigenvalue weighted by Crippen LogP contribution is -2.59. The van der Waals surface area contributed by atoms with E-state index in [1.165, 1.54) is 0 Å². The number of carbonyl (C=O) groups is 1. The summed E-state index contributed by atoms with van der Waals surface area (Å²) in [4.78, 5) is 15.1. The Balaban J connectivity index is 2.36. The van der Waals surface area contributed by atoms with Crippen LogP contribution in [0, 0.1) is 17.3 Å². The van der Waals surface area contributed by atoms with E-state index >= 15 is 0 Å². The first-order chi connectivity index (χ1) is 14.3. The lowest BCUT2D eigenvalue weighted by Gasteiger charge is -2.45. The summed E-state index contributed by atoms with van der Waals surface area (Å²) >= 11 is 0. The summed E-state index contributed by atoms with van der Waals surface area (Å²) in [6, 6.07) is 0. The molecule has 182 valence electrons. The number of amides is 1. The van der Waals surface area contributed by atoms with Crippen LogP contribution < -0.4 is 0 Å². The molecule has 4 atom stereocenters. The van der Waals surface area contributed by atoms with Crippen LogP contribution in [0.5, 0.6) is 0 Å². The Hall–Kier alpha value is -0.673. The van der Waals surface area contributed by atoms with Gasteiger partial charge in [-0.05, 0) is 70.9 Å². The molecule has 1 amide bonds. The van der Waals surface area contributed by atoms with Crippen molar-refractivity contribution < 1.29 is 28.5 Å². The number of nitrogens with zero attached hydrogens (tertiary/aromatic N) is 1. The predicted octanol–water partition coefficient (Wildman–Crippen LogP) is 4.14. The Labute approximate surface area is 190 Å². The van der Waals surface area contributed by atoms with Crippen LogP contribution in [0.1, 0.15) is 67.2 Å². The fourth-order valence-electron chi connectivity index (χ4n) is 4.42. The Kier molecular flexibility index (Phi) is 9.01. The molecule has 0 aliphatic carbocycles. The smallest absolute Gasteiger partial charge is 0.412 e. The lowest BCUT2D eigenvalue weighted by atomic mass is 9.77. The first-order valence-corrected chi connectivity index (χ1v) is 14.6. The number of hydrogen-bond acceptors (Lipinski definition) is 6. The molecule has 2 aliphatic rings. The van der Waals surface area contributed by atoms with Gasteiger partial charge in [0.25, 0.3) is 0 Å². The van der Waals surface area contributed by atoms with Gasteiger partial charge in [0.2, 0.25) is 0 Å². The van der Waals surface area contributed by atoms with E-state index in [2.05, 4.69) is 33.9 Å². The van der Waals surface area contributed by atoms with E-state index < -0.39 is 20.4 Å². The van der Waals surface area contributed by atoms with Gasteiger partial charge in [0.05, 0.1) is 19.1 Å². The fourth-order valence-corrected chi connectivity index (χ4v) is 5.66. The van der Waals surface area contributed by atoms with Crippen molar-refractivity contribution in [3.05, 3.63) is 0 Å². The van der Waals surface area contributed by atoms with E-state index in [0.29, 0.717) is 19.6 Å². The quantitative estimate of drug-likeness (QED) is 0.577. The zero-order valence-electron chi connectivity index (χ0n) is 20.9. The average Bonchev–Trinajstić information content (AvgIpc) is 3.01. The van der Waals surface area contributed by atoms with E-state index in [1.54, 1.807) is 4.90 Å². The number of likely N-dealkylation sites (tertiary alicyclic amines) is 1. The first kappa shape index (κ1) is 26.6. The van der Waals surface area contributed by atoms with E-state index in [0.717, 1.165) is 19.3 Å². The van der Waals surface area contributed by atoms with Gasteiger partial charge in [-0.2, -0.15) is 0 Å². The minimum absolute atomic E-state index is 0.0166. The van der Waals surface area contributed by atoms with E-state index in [-0.39, 0.29) is 42.8 Å². The maximum absolute atomic E-state index is 13.3. The van der Waals surface area contributed by atoms with Gasteiger partial charge in [-0.25, -0.2) is 4.79 Å². The molecule has 0 bridgehead atoms. The highest BCUT2D eigenvalue weighted by atomic mass is 28.3. The van der Waals surface area contributed by atoms with Crippen LogP contribution in [0.2, 0.25) is 13.1 Å². The molecule has 7 nitrogen and oxygen atoms in total. The van der Waals surface area contributed by atoms with Gasteiger partial charge in [0.1, 0.15) is 11.3 Å². The van der Waals surface area contributed by atoms with Gasteiger partial charge in [0.15, 0.2) is 15.3 Å². The molecule has 2 saturated heterocycles. The molecule has 2 fully saturated rings. The van der Waals surface area contributed by atoms with Gasteiger partial charge in [0, 0.05) is 13.2 Å². The summed E-state index contributed by atoms with van der Waals surface area (Å²) in [6.45, 7) is 17.7. The molecule has 2 rings (SSSR count). The van der Waals surface area contributed by atoms with Crippen LogP contribution in [0.15, 0.2) is 0 Å². The molecule has 0 aromatic heterocycles. The third-order valence-corrected chi connectivity index (χ3v) is 7.04. The van der Waals surface area contributed by atoms with Crippen LogP contribution in [0.3, 0.4) is 0 Å². The Bertz CT molecular complexity index is 582. The number of aliphatic hydroxyl groups is 1. The molecule has 0 saturated carbocycles. The van der Waals surface area contributed by atoms with Crippen LogP contribution in [0.4, 0.5) is 4.79 Å². The molecular weight excluding hydrogens is 414 g/mol. The summed E-state index contributed by atoms with van der Waals surface area (Å²) in [6.07, 6.45) is 2.99. The molecule has 0 spiro atoms. The number of hydrogen-bond donors (Lipinski definition) is 1. The van der Waals surface area contributed by atoms with Crippen molar-refractivity contribution in [3.63, 3.8) is 0 Å². The Morgan fingerprint density at radius 3 is 2.39 bits per heavy atom. The summed E-state index contributed by atoms with van der Waals surface area (Å²) in [7, 11) is -1.58. The van der Waals surface area contributed by atoms with Crippen molar-refractivity contribution in [1.82, 2.24) is 4.90 Å². The number of ether oxygens (including phenoxy) is 3. The minimum Gasteiger partial charge on any atom is -0.444 e. The van der Waals surface area contributed by atoms with Crippen molar-refractivity contribution in [1.29, 1.82) is 0 Å². The van der Waals surface area contributed by atoms with E-state index in [4.69, 9.17) is 18.6 Å². The van der Waals surface area contributed by atoms with Gasteiger partial charge < -0.3 is 23.7 Å². The van der Waals surface area contributed by atoms with Gasteiger partial charge in [-0.1, -0.05) is 20.8 Å². The maximum atomic E-state index is 13.3. The van der Waals surface area contributed by atoms with Crippen LogP contribution >= 0.6 is 0 Å². The highest BCUT2D eigenvalue weighted by molar-refractivity contribution is 6.48. The molecule has 1 N–H and O–H groups in total. The Morgan fingerprint density at radius 1 is 1.23 bits per heavy atom. The SMILES string of the molecule is C[SiH](C)O[C@]1(C(CO)COC2CCCCO2)C[C@H](C(C)(C)C)CN1C(=O)OC(C)(C)C. The van der Waals surface area contributed by atoms with Gasteiger partial charge in [-0.3, -0.25) is 4.90 Å². The molecule has 2 unspecified atom stereocenters. The average molecular weight is 460 g/mol. The molecule has 8 heteroatoms. The van der Waals surface area contributed by atoms with Crippen molar-refractivity contribution in [2.45, 2.75) is 97.9 Å². The standard InChI is InChI=1S/C23H45NO6Si/c1-21(2,3)17-13-23(30-31(7)8,24(14-17)20(26)29-22(4,5)6)18(15-25)16-28-19-11-9-10-12-27-19/h17-19,25,31H,9-16H2,1-8H3/t17-,18?,19?,23-/m0/s1. The van der Waals surface area contributed by atoms with E-state index in [9.17, 15) is 9.90 Å². The van der Waals surface area contributed by atoms with Crippen molar-refractivity contribution >= 4 is 15.1 Å². The summed E-state index contributed by atoms with van der Waals surface area (Å²) < 4.78 is 24.2. The molecular formula is C23H45NO6Si. The monoisotopic (exact) mass is 459 g/mol. The van der Waals surface area contributed by atoms with E-state index in [1.807, 2.05) is 20.8 Å². The summed E-state index contributed by atoms with van der Waals surface area (Å²) in [5.74, 6) is -0.166. The molecule has 31 heavy (non-hydrogen) atoms. The minimum atomic E-state index is -1.58. The van der Waals surface area contributed by atoms with Crippen LogP contribution in [-0.2, 0) is 18.6 Å². The second-order valence-corrected chi connectivity index (χ2v) is 13.7. The number of rotatable bonds is 7. The van der Waals surface area contributed by atoms with Gasteiger partial charge >= 0.3 is 6.09 Å². The Morgan fingerprint density at radius 2 is 1.90 bits per heavy atom. The summed E-state index contributed by atoms with van der Waals surface area (Å²) in [5.41, 5.74) is -1.57. The molecule has 0 aromatic carbocycles. The highest BCUT2D eigenvalue weighted by Crippen LogP contribution is 2.47. The van der Waals surface area contributed by atoms with Gasteiger partial charge in [-0.15, -0.1) is 0 Å². The summed E-state index contributed by atoms with van der Waals surface area (Å²) in [5, 5.41) is 10.5. The second-order valence-electron chi connectivity index (χ2n) is 11.4. The van der Waals surface area contributed by atoms with Crippen molar-refractivity contribution in [3.8, 4) is 0 Å². The van der Waals surface area contributed by atoms with Crippen molar-refractivity contribution in [2.24, 2.45) is 17.3 Å². The van der Waals surface area contributed by atoms with Crippen molar-refractivity contribution in [2.75, 3.05) is 26.4 Å². The number of aliphatic hydroxyl groups excluding tert-OH is 1. The van der Waals surface area contributed by atoms with Crippen LogP contribution in [0.25, 0.3) is 0 Å². The largest absolute Gasteiger partial charge is 0.444 e. The topological polar surface area (TPSA) is 77.5 Å². The molecule has 0 aromatic rings. The number of carbonyl (C=O) groups excluding carboxylic acids is 1. The molecule has 2 aliphatic heterocycles. The maximum Gasteiger partial charge on any atom is 0.412 e. The fraction of sp³-hybridized carbons (Fsp3) is 0.957. The molecule has 0 radical (unpaired) electrons.